The maximum atomic E-state index is 9.55. The van der Waals surface area contributed by atoms with Gasteiger partial charge in [-0.05, 0) is 77.9 Å². The number of nitrogens with zero attached hydrogens (tertiary/aromatic N) is 2. The maximum absolute atomic E-state index is 9.55. The van der Waals surface area contributed by atoms with Crippen molar-refractivity contribution < 1.29 is 0 Å². The molecule has 0 bridgehead atoms. The minimum atomic E-state index is 0.716. The highest BCUT2D eigenvalue weighted by Gasteiger charge is 2.21. The lowest BCUT2D eigenvalue weighted by Gasteiger charge is -2.27. The van der Waals surface area contributed by atoms with Crippen LogP contribution in [0, 0.1) is 18.3 Å². The Kier molecular flexibility index (Phi) is 4.58. The molecule has 0 aliphatic carbocycles. The van der Waals surface area contributed by atoms with Crippen molar-refractivity contribution in [2.24, 2.45) is 0 Å². The third-order valence-electron chi connectivity index (χ3n) is 5.86. The number of hydrogen-bond acceptors (Lipinski definition) is 2. The van der Waals surface area contributed by atoms with E-state index in [1.165, 1.54) is 22.5 Å². The first kappa shape index (κ1) is 18.2. The quantitative estimate of drug-likeness (QED) is 0.367. The van der Waals surface area contributed by atoms with E-state index in [1.54, 1.807) is 0 Å². The Morgan fingerprint density at radius 3 is 1.93 bits per heavy atom. The van der Waals surface area contributed by atoms with Gasteiger partial charge in [0.25, 0.3) is 0 Å². The molecule has 0 unspecified atom stereocenters. The molecule has 0 atom stereocenters. The summed E-state index contributed by atoms with van der Waals surface area (Å²) in [7, 11) is 0. The van der Waals surface area contributed by atoms with Crippen LogP contribution >= 0.6 is 0 Å². The Balaban J connectivity index is 1.63. The molecule has 0 fully saturated rings. The molecule has 1 aliphatic heterocycles. The van der Waals surface area contributed by atoms with Gasteiger partial charge in [0.05, 0.1) is 11.6 Å². The average Bonchev–Trinajstić information content (AvgIpc) is 2.96. The minimum Gasteiger partial charge on any atom is -0.310 e. The summed E-state index contributed by atoms with van der Waals surface area (Å²) in [6.45, 7) is 2.02. The molecule has 0 N–H and O–H groups in total. The van der Waals surface area contributed by atoms with Gasteiger partial charge in [0, 0.05) is 17.1 Å². The number of fused-ring (bicyclic) bond motifs is 2. The van der Waals surface area contributed by atoms with Gasteiger partial charge in [0.15, 0.2) is 0 Å². The molecule has 0 saturated heterocycles. The van der Waals surface area contributed by atoms with Crippen molar-refractivity contribution in [1.29, 1.82) is 5.26 Å². The van der Waals surface area contributed by atoms with Crippen molar-refractivity contribution >= 4 is 17.1 Å². The third kappa shape index (κ3) is 3.15. The Labute approximate surface area is 177 Å². The van der Waals surface area contributed by atoms with E-state index >= 15 is 0 Å². The van der Waals surface area contributed by atoms with E-state index in [2.05, 4.69) is 89.8 Å². The molecular formula is C28H22N2. The van der Waals surface area contributed by atoms with E-state index in [0.29, 0.717) is 5.56 Å². The molecule has 30 heavy (non-hydrogen) atoms. The molecule has 2 nitrogen and oxygen atoms in total. The van der Waals surface area contributed by atoms with Gasteiger partial charge in [-0.25, -0.2) is 0 Å². The van der Waals surface area contributed by atoms with Crippen LogP contribution in [0.25, 0.3) is 11.1 Å². The molecule has 2 heteroatoms. The number of hydrogen-bond donors (Lipinski definition) is 0. The van der Waals surface area contributed by atoms with Crippen molar-refractivity contribution in [3.8, 4) is 17.2 Å². The second kappa shape index (κ2) is 7.54. The minimum absolute atomic E-state index is 0.716. The fourth-order valence-corrected chi connectivity index (χ4v) is 4.35. The monoisotopic (exact) mass is 386 g/mol. The SMILES string of the molecule is Cc1ccc(-c2ccc(N3c4ccccc4CCc4ccccc43)cc2)c(C#N)c1. The van der Waals surface area contributed by atoms with E-state index in [4.69, 9.17) is 0 Å². The van der Waals surface area contributed by atoms with Crippen LogP contribution in [0.2, 0.25) is 0 Å². The summed E-state index contributed by atoms with van der Waals surface area (Å²) in [6.07, 6.45) is 2.08. The number of rotatable bonds is 2. The first-order valence-electron chi connectivity index (χ1n) is 10.3. The van der Waals surface area contributed by atoms with Gasteiger partial charge in [0.2, 0.25) is 0 Å². The van der Waals surface area contributed by atoms with Crippen molar-refractivity contribution in [3.63, 3.8) is 0 Å². The molecule has 0 spiro atoms. The summed E-state index contributed by atoms with van der Waals surface area (Å²) in [5, 5.41) is 9.55. The van der Waals surface area contributed by atoms with Gasteiger partial charge in [-0.1, -0.05) is 60.7 Å². The van der Waals surface area contributed by atoms with Gasteiger partial charge < -0.3 is 4.90 Å². The normalized spacial score (nSPS) is 12.5. The van der Waals surface area contributed by atoms with Crippen molar-refractivity contribution in [3.05, 3.63) is 113 Å². The summed E-state index contributed by atoms with van der Waals surface area (Å²) < 4.78 is 0. The van der Waals surface area contributed by atoms with Gasteiger partial charge >= 0.3 is 0 Å². The van der Waals surface area contributed by atoms with Gasteiger partial charge in [-0.15, -0.1) is 0 Å². The molecule has 0 aromatic heterocycles. The Morgan fingerprint density at radius 2 is 1.33 bits per heavy atom. The van der Waals surface area contributed by atoms with Crippen molar-refractivity contribution in [2.45, 2.75) is 19.8 Å². The molecule has 0 amide bonds. The standard InChI is InChI=1S/C28H22N2/c1-20-10-17-26(24(18-20)19-29)21-13-15-25(16-14-21)30-27-8-4-2-6-22(27)11-12-23-7-3-5-9-28(23)30/h2-10,13-18H,11-12H2,1H3. The largest absolute Gasteiger partial charge is 0.310 e. The summed E-state index contributed by atoms with van der Waals surface area (Å²) in [6, 6.07) is 34.3. The van der Waals surface area contributed by atoms with Crippen molar-refractivity contribution in [1.82, 2.24) is 0 Å². The summed E-state index contributed by atoms with van der Waals surface area (Å²) in [5.74, 6) is 0. The zero-order chi connectivity index (χ0) is 20.5. The summed E-state index contributed by atoms with van der Waals surface area (Å²) in [5.41, 5.74) is 10.2. The van der Waals surface area contributed by atoms with Crippen LogP contribution in [0.3, 0.4) is 0 Å². The lowest BCUT2D eigenvalue weighted by Crippen LogP contribution is -2.11. The summed E-state index contributed by atoms with van der Waals surface area (Å²) in [4.78, 5) is 2.36. The highest BCUT2D eigenvalue weighted by molar-refractivity contribution is 5.82. The van der Waals surface area contributed by atoms with Crippen LogP contribution < -0.4 is 4.90 Å². The van der Waals surface area contributed by atoms with Crippen LogP contribution in [0.5, 0.6) is 0 Å². The van der Waals surface area contributed by atoms with Crippen LogP contribution in [0.15, 0.2) is 91.0 Å². The Bertz CT molecular complexity index is 1220. The van der Waals surface area contributed by atoms with Gasteiger partial charge in [0.1, 0.15) is 0 Å². The Morgan fingerprint density at radius 1 is 0.733 bits per heavy atom. The Hall–Kier alpha value is -3.83. The number of benzene rings is 4. The molecular weight excluding hydrogens is 364 g/mol. The zero-order valence-electron chi connectivity index (χ0n) is 17.0. The highest BCUT2D eigenvalue weighted by atomic mass is 15.1. The third-order valence-corrected chi connectivity index (χ3v) is 5.86. The number of nitriles is 1. The molecule has 5 rings (SSSR count). The maximum Gasteiger partial charge on any atom is 0.0998 e. The van der Waals surface area contributed by atoms with Crippen LogP contribution in [0.1, 0.15) is 22.3 Å². The van der Waals surface area contributed by atoms with E-state index < -0.39 is 0 Å². The van der Waals surface area contributed by atoms with Crippen molar-refractivity contribution in [2.75, 3.05) is 4.90 Å². The highest BCUT2D eigenvalue weighted by Crippen LogP contribution is 2.42. The fraction of sp³-hybridized carbons (Fsp3) is 0.107. The van der Waals surface area contributed by atoms with E-state index in [-0.39, 0.29) is 0 Å². The fourth-order valence-electron chi connectivity index (χ4n) is 4.35. The van der Waals surface area contributed by atoms with Crippen LogP contribution in [-0.2, 0) is 12.8 Å². The molecule has 1 aliphatic rings. The first-order chi connectivity index (χ1) is 14.7. The van der Waals surface area contributed by atoms with Gasteiger partial charge in [-0.3, -0.25) is 0 Å². The van der Waals surface area contributed by atoms with E-state index in [1.807, 2.05) is 19.1 Å². The molecule has 144 valence electrons. The second-order valence-corrected chi connectivity index (χ2v) is 7.80. The molecule has 1 heterocycles. The molecule has 0 saturated carbocycles. The zero-order valence-corrected chi connectivity index (χ0v) is 17.0. The average molecular weight is 386 g/mol. The number of aryl methyl sites for hydroxylation is 3. The van der Waals surface area contributed by atoms with E-state index in [9.17, 15) is 5.26 Å². The van der Waals surface area contributed by atoms with E-state index in [0.717, 1.165) is 35.2 Å². The first-order valence-corrected chi connectivity index (χ1v) is 10.3. The van der Waals surface area contributed by atoms with Crippen LogP contribution in [0.4, 0.5) is 17.1 Å². The number of anilines is 3. The van der Waals surface area contributed by atoms with Gasteiger partial charge in [-0.2, -0.15) is 5.26 Å². The predicted molar refractivity (Wildman–Crippen MR) is 123 cm³/mol. The number of para-hydroxylation sites is 2. The molecule has 0 radical (unpaired) electrons. The summed E-state index contributed by atoms with van der Waals surface area (Å²) >= 11 is 0. The smallest absolute Gasteiger partial charge is 0.0998 e. The predicted octanol–water partition coefficient (Wildman–Crippen LogP) is 7.10. The van der Waals surface area contributed by atoms with Crippen LogP contribution in [-0.4, -0.2) is 0 Å². The lowest BCUT2D eigenvalue weighted by atomic mass is 9.98. The second-order valence-electron chi connectivity index (χ2n) is 7.80. The molecule has 4 aromatic rings. The molecule has 4 aromatic carbocycles. The lowest BCUT2D eigenvalue weighted by molar-refractivity contribution is 0.977. The topological polar surface area (TPSA) is 27.0 Å².